The first-order chi connectivity index (χ1) is 17.5. The van der Waals surface area contributed by atoms with Gasteiger partial charge in [-0.1, -0.05) is 41.6 Å². The van der Waals surface area contributed by atoms with Gasteiger partial charge in [0.2, 0.25) is 0 Å². The SMILES string of the molecule is COc1ccc(OC)c(Cc2nc3c(N)ncnc3n2CCCCCC(O)C(Br)CCCCCO)c1. The third kappa shape index (κ3) is 7.54. The molecule has 4 N–H and O–H groups in total. The number of hydrogen-bond donors (Lipinski definition) is 3. The van der Waals surface area contributed by atoms with Crippen molar-refractivity contribution in [2.45, 2.75) is 75.3 Å². The number of benzene rings is 1. The van der Waals surface area contributed by atoms with Crippen molar-refractivity contribution in [1.82, 2.24) is 19.5 Å². The quantitative estimate of drug-likeness (QED) is 0.174. The Kier molecular flexibility index (Phi) is 11.2. The largest absolute Gasteiger partial charge is 0.497 e. The number of ether oxygens (including phenoxy) is 2. The molecule has 0 spiro atoms. The highest BCUT2D eigenvalue weighted by Gasteiger charge is 2.18. The van der Waals surface area contributed by atoms with Gasteiger partial charge in [0.1, 0.15) is 23.7 Å². The molecule has 2 aromatic heterocycles. The second kappa shape index (κ2) is 14.3. The maximum atomic E-state index is 10.5. The average molecular weight is 565 g/mol. The number of halogens is 1. The van der Waals surface area contributed by atoms with E-state index in [-0.39, 0.29) is 17.5 Å². The predicted molar refractivity (Wildman–Crippen MR) is 145 cm³/mol. The summed E-state index contributed by atoms with van der Waals surface area (Å²) in [5.41, 5.74) is 8.40. The summed E-state index contributed by atoms with van der Waals surface area (Å²) in [6.07, 6.45) is 8.97. The van der Waals surface area contributed by atoms with E-state index < -0.39 is 0 Å². The van der Waals surface area contributed by atoms with E-state index in [2.05, 4.69) is 30.5 Å². The van der Waals surface area contributed by atoms with Crippen LogP contribution in [0.1, 0.15) is 62.8 Å². The summed E-state index contributed by atoms with van der Waals surface area (Å²) in [5.74, 6) is 2.73. The molecule has 10 heteroatoms. The van der Waals surface area contributed by atoms with Gasteiger partial charge < -0.3 is 30.0 Å². The van der Waals surface area contributed by atoms with Crippen molar-refractivity contribution in [1.29, 1.82) is 0 Å². The zero-order chi connectivity index (χ0) is 25.9. The van der Waals surface area contributed by atoms with Gasteiger partial charge in [-0.3, -0.25) is 0 Å². The minimum Gasteiger partial charge on any atom is -0.497 e. The van der Waals surface area contributed by atoms with Crippen LogP contribution in [0.5, 0.6) is 11.5 Å². The first-order valence-electron chi connectivity index (χ1n) is 12.6. The molecule has 0 aliphatic rings. The minimum absolute atomic E-state index is 0.0953. The first-order valence-corrected chi connectivity index (χ1v) is 13.5. The van der Waals surface area contributed by atoms with Crippen LogP contribution in [0.25, 0.3) is 11.2 Å². The van der Waals surface area contributed by atoms with Crippen LogP contribution in [-0.2, 0) is 13.0 Å². The Hall–Kier alpha value is -2.43. The molecule has 0 aliphatic carbocycles. The Balaban J connectivity index is 1.63. The number of rotatable bonds is 16. The molecule has 198 valence electrons. The van der Waals surface area contributed by atoms with Crippen LogP contribution in [-0.4, -0.2) is 61.5 Å². The lowest BCUT2D eigenvalue weighted by molar-refractivity contribution is 0.155. The van der Waals surface area contributed by atoms with Gasteiger partial charge in [-0.25, -0.2) is 15.0 Å². The summed E-state index contributed by atoms with van der Waals surface area (Å²) in [4.78, 5) is 13.5. The fourth-order valence-corrected chi connectivity index (χ4v) is 4.95. The van der Waals surface area contributed by atoms with E-state index in [1.807, 2.05) is 18.2 Å². The van der Waals surface area contributed by atoms with Crippen LogP contribution in [0.3, 0.4) is 0 Å². The summed E-state index contributed by atoms with van der Waals surface area (Å²) in [7, 11) is 3.29. The number of nitrogens with two attached hydrogens (primary N) is 1. The van der Waals surface area contributed by atoms with Gasteiger partial charge >= 0.3 is 0 Å². The van der Waals surface area contributed by atoms with E-state index in [0.717, 1.165) is 86.4 Å². The normalized spacial score (nSPS) is 13.1. The van der Waals surface area contributed by atoms with Crippen molar-refractivity contribution in [2.24, 2.45) is 0 Å². The highest BCUT2D eigenvalue weighted by Crippen LogP contribution is 2.28. The second-order valence-corrected chi connectivity index (χ2v) is 10.1. The summed E-state index contributed by atoms with van der Waals surface area (Å²) < 4.78 is 13.1. The fraction of sp³-hybridized carbons (Fsp3) is 0.577. The van der Waals surface area contributed by atoms with Crippen molar-refractivity contribution < 1.29 is 19.7 Å². The first kappa shape index (κ1) is 28.1. The number of aliphatic hydroxyl groups excluding tert-OH is 2. The van der Waals surface area contributed by atoms with Crippen LogP contribution in [0.2, 0.25) is 0 Å². The molecule has 0 saturated carbocycles. The van der Waals surface area contributed by atoms with Crippen LogP contribution in [0.4, 0.5) is 5.82 Å². The number of aliphatic hydroxyl groups is 2. The van der Waals surface area contributed by atoms with Gasteiger partial charge in [0.25, 0.3) is 0 Å². The number of aromatic nitrogens is 4. The van der Waals surface area contributed by atoms with Crippen molar-refractivity contribution in [3.63, 3.8) is 0 Å². The number of methoxy groups -OCH3 is 2. The molecule has 0 fully saturated rings. The Bertz CT molecular complexity index is 1090. The van der Waals surface area contributed by atoms with E-state index in [9.17, 15) is 5.11 Å². The summed E-state index contributed by atoms with van der Waals surface area (Å²) >= 11 is 3.62. The lowest BCUT2D eigenvalue weighted by Crippen LogP contribution is -2.20. The Morgan fingerprint density at radius 2 is 1.81 bits per heavy atom. The minimum atomic E-state index is -0.364. The number of aryl methyl sites for hydroxylation is 1. The van der Waals surface area contributed by atoms with Crippen molar-refractivity contribution in [3.05, 3.63) is 35.9 Å². The number of nitrogens with zero attached hydrogens (tertiary/aromatic N) is 4. The second-order valence-electron chi connectivity index (χ2n) is 8.97. The lowest BCUT2D eigenvalue weighted by atomic mass is 10.0. The third-order valence-corrected chi connectivity index (χ3v) is 7.48. The van der Waals surface area contributed by atoms with Crippen molar-refractivity contribution in [2.75, 3.05) is 26.6 Å². The molecule has 3 aromatic rings. The molecule has 0 amide bonds. The average Bonchev–Trinajstić information content (AvgIpc) is 3.24. The van der Waals surface area contributed by atoms with Gasteiger partial charge in [-0.05, 0) is 43.9 Å². The van der Waals surface area contributed by atoms with E-state index >= 15 is 0 Å². The number of anilines is 1. The van der Waals surface area contributed by atoms with Crippen molar-refractivity contribution >= 4 is 32.9 Å². The number of imidazole rings is 1. The molecule has 2 atom stereocenters. The van der Waals surface area contributed by atoms with Gasteiger partial charge in [0.05, 0.1) is 20.3 Å². The zero-order valence-corrected chi connectivity index (χ0v) is 22.8. The standard InChI is InChI=1S/C26H38BrN5O4/c1-35-19-11-12-22(36-2)18(15-19)16-23-31-24-25(28)29-17-30-26(24)32(23)13-7-3-6-10-21(34)20(27)9-5-4-8-14-33/h11-12,15,17,20-21,33-34H,3-10,13-14,16H2,1-2H3,(H2,28,29,30). The topological polar surface area (TPSA) is 129 Å². The zero-order valence-electron chi connectivity index (χ0n) is 21.2. The Morgan fingerprint density at radius 1 is 1.03 bits per heavy atom. The maximum absolute atomic E-state index is 10.5. The summed E-state index contributed by atoms with van der Waals surface area (Å²) in [5, 5.41) is 19.4. The summed E-state index contributed by atoms with van der Waals surface area (Å²) in [6, 6.07) is 5.72. The number of alkyl halides is 1. The van der Waals surface area contributed by atoms with E-state index in [0.29, 0.717) is 17.8 Å². The molecule has 9 nitrogen and oxygen atoms in total. The molecular weight excluding hydrogens is 526 g/mol. The van der Waals surface area contributed by atoms with Crippen LogP contribution in [0.15, 0.2) is 24.5 Å². The van der Waals surface area contributed by atoms with Crippen LogP contribution in [0, 0.1) is 0 Å². The monoisotopic (exact) mass is 563 g/mol. The molecule has 3 rings (SSSR count). The molecule has 1 aromatic carbocycles. The third-order valence-electron chi connectivity index (χ3n) is 6.41. The number of fused-ring (bicyclic) bond motifs is 1. The van der Waals surface area contributed by atoms with E-state index in [1.165, 1.54) is 6.33 Å². The van der Waals surface area contributed by atoms with E-state index in [4.69, 9.17) is 25.3 Å². The smallest absolute Gasteiger partial charge is 0.165 e. The molecule has 0 saturated heterocycles. The summed E-state index contributed by atoms with van der Waals surface area (Å²) in [6.45, 7) is 0.971. The molecule has 0 radical (unpaired) electrons. The number of hydrogen-bond acceptors (Lipinski definition) is 8. The highest BCUT2D eigenvalue weighted by atomic mass is 79.9. The molecular formula is C26H38BrN5O4. The van der Waals surface area contributed by atoms with Crippen molar-refractivity contribution in [3.8, 4) is 11.5 Å². The molecule has 0 bridgehead atoms. The van der Waals surface area contributed by atoms with Gasteiger partial charge in [0, 0.05) is 30.0 Å². The Labute approximate surface area is 221 Å². The molecule has 0 aliphatic heterocycles. The van der Waals surface area contributed by atoms with Crippen LogP contribution >= 0.6 is 15.9 Å². The van der Waals surface area contributed by atoms with Crippen LogP contribution < -0.4 is 15.2 Å². The number of unbranched alkanes of at least 4 members (excludes halogenated alkanes) is 4. The van der Waals surface area contributed by atoms with Gasteiger partial charge in [-0.2, -0.15) is 0 Å². The van der Waals surface area contributed by atoms with E-state index in [1.54, 1.807) is 14.2 Å². The predicted octanol–water partition coefficient (Wildman–Crippen LogP) is 4.25. The highest BCUT2D eigenvalue weighted by molar-refractivity contribution is 9.09. The molecule has 2 heterocycles. The molecule has 2 unspecified atom stereocenters. The lowest BCUT2D eigenvalue weighted by Gasteiger charge is -2.17. The van der Waals surface area contributed by atoms with Gasteiger partial charge in [0.15, 0.2) is 17.0 Å². The fourth-order valence-electron chi connectivity index (χ4n) is 4.36. The molecule has 36 heavy (non-hydrogen) atoms. The maximum Gasteiger partial charge on any atom is 0.165 e. The Morgan fingerprint density at radius 3 is 2.56 bits per heavy atom. The van der Waals surface area contributed by atoms with Gasteiger partial charge in [-0.15, -0.1) is 0 Å². The number of nitrogen functional groups attached to an aromatic ring is 1.